The van der Waals surface area contributed by atoms with Crippen LogP contribution in [0.4, 0.5) is 0 Å². The maximum absolute atomic E-state index is 9.05. The fourth-order valence-electron chi connectivity index (χ4n) is 1.51. The van der Waals surface area contributed by atoms with Gasteiger partial charge >= 0.3 is 0 Å². The zero-order chi connectivity index (χ0) is 10.7. The number of oxazole rings is 1. The number of aromatic nitrogens is 1. The van der Waals surface area contributed by atoms with Gasteiger partial charge in [-0.15, -0.1) is 0 Å². The second kappa shape index (κ2) is 4.28. The minimum absolute atomic E-state index is 0.0959. The second-order valence-electron chi connectivity index (χ2n) is 3.34. The van der Waals surface area contributed by atoms with Gasteiger partial charge in [0.1, 0.15) is 5.69 Å². The molecule has 3 nitrogen and oxygen atoms in total. The lowest BCUT2D eigenvalue weighted by atomic mass is 10.1. The van der Waals surface area contributed by atoms with E-state index in [9.17, 15) is 0 Å². The third-order valence-electron chi connectivity index (χ3n) is 2.42. The van der Waals surface area contributed by atoms with Crippen LogP contribution in [0.2, 0.25) is 0 Å². The molecular weight excluding hydrogens is 190 g/mol. The zero-order valence-corrected chi connectivity index (χ0v) is 8.60. The molecule has 78 valence electrons. The van der Waals surface area contributed by atoms with Gasteiger partial charge in [0.2, 0.25) is 0 Å². The first-order valence-corrected chi connectivity index (χ1v) is 4.97. The number of nitrogens with zero attached hydrogens (tertiary/aromatic N) is 1. The molecule has 2 rings (SSSR count). The molecular formula is C12H13NO2. The summed E-state index contributed by atoms with van der Waals surface area (Å²) in [5, 5.41) is 9.05. The third kappa shape index (κ3) is 1.92. The first-order valence-electron chi connectivity index (χ1n) is 4.97. The lowest BCUT2D eigenvalue weighted by Crippen LogP contribution is -1.87. The smallest absolute Gasteiger partial charge is 0.181 e. The molecule has 0 aliphatic carbocycles. The Labute approximate surface area is 88.4 Å². The standard InChI is InChI=1S/C12H13NO2/c1-2-9-3-5-10(6-4-9)12-11(7-14)13-8-15-12/h3-6,8,14H,2,7H2,1H3. The van der Waals surface area contributed by atoms with E-state index in [1.165, 1.54) is 12.0 Å². The van der Waals surface area contributed by atoms with Crippen LogP contribution < -0.4 is 0 Å². The molecule has 0 atom stereocenters. The van der Waals surface area contributed by atoms with Gasteiger partial charge in [-0.25, -0.2) is 4.98 Å². The number of benzene rings is 1. The first-order chi connectivity index (χ1) is 7.35. The van der Waals surface area contributed by atoms with Gasteiger partial charge in [-0.05, 0) is 12.0 Å². The van der Waals surface area contributed by atoms with Crippen molar-refractivity contribution in [3.8, 4) is 11.3 Å². The highest BCUT2D eigenvalue weighted by Crippen LogP contribution is 2.23. The van der Waals surface area contributed by atoms with Crippen LogP contribution in [0.1, 0.15) is 18.2 Å². The van der Waals surface area contributed by atoms with Crippen molar-refractivity contribution in [1.82, 2.24) is 4.98 Å². The molecule has 0 amide bonds. The summed E-state index contributed by atoms with van der Waals surface area (Å²) < 4.78 is 5.24. The van der Waals surface area contributed by atoms with Gasteiger partial charge < -0.3 is 9.52 Å². The molecule has 0 spiro atoms. The highest BCUT2D eigenvalue weighted by molar-refractivity contribution is 5.59. The van der Waals surface area contributed by atoms with Gasteiger partial charge in [-0.2, -0.15) is 0 Å². The van der Waals surface area contributed by atoms with E-state index in [-0.39, 0.29) is 6.61 Å². The van der Waals surface area contributed by atoms with Crippen LogP contribution in [0.15, 0.2) is 35.1 Å². The van der Waals surface area contributed by atoms with Gasteiger partial charge in [0.05, 0.1) is 6.61 Å². The van der Waals surface area contributed by atoms with Crippen LogP contribution in [0.5, 0.6) is 0 Å². The summed E-state index contributed by atoms with van der Waals surface area (Å²) in [5.41, 5.74) is 2.82. The molecule has 0 fully saturated rings. The molecule has 1 aromatic carbocycles. The molecule has 0 saturated heterocycles. The van der Waals surface area contributed by atoms with Crippen molar-refractivity contribution in [1.29, 1.82) is 0 Å². The maximum Gasteiger partial charge on any atom is 0.181 e. The number of hydrogen-bond acceptors (Lipinski definition) is 3. The van der Waals surface area contributed by atoms with Gasteiger partial charge in [-0.3, -0.25) is 0 Å². The normalized spacial score (nSPS) is 10.5. The molecule has 0 aliphatic heterocycles. The summed E-state index contributed by atoms with van der Waals surface area (Å²) in [5.74, 6) is 0.653. The Bertz CT molecular complexity index is 431. The second-order valence-corrected chi connectivity index (χ2v) is 3.34. The zero-order valence-electron chi connectivity index (χ0n) is 8.60. The molecule has 1 aromatic heterocycles. The lowest BCUT2D eigenvalue weighted by molar-refractivity contribution is 0.277. The Kier molecular flexibility index (Phi) is 2.83. The quantitative estimate of drug-likeness (QED) is 0.833. The van der Waals surface area contributed by atoms with Crippen LogP contribution in [0.25, 0.3) is 11.3 Å². The van der Waals surface area contributed by atoms with E-state index in [1.807, 2.05) is 12.1 Å². The summed E-state index contributed by atoms with van der Waals surface area (Å²) in [6.45, 7) is 2.02. The van der Waals surface area contributed by atoms with Crippen LogP contribution in [-0.4, -0.2) is 10.1 Å². The summed E-state index contributed by atoms with van der Waals surface area (Å²) in [6.07, 6.45) is 2.37. The summed E-state index contributed by atoms with van der Waals surface area (Å²) >= 11 is 0. The average Bonchev–Trinajstić information content (AvgIpc) is 2.77. The minimum atomic E-state index is -0.0959. The Balaban J connectivity index is 2.37. The van der Waals surface area contributed by atoms with E-state index in [4.69, 9.17) is 9.52 Å². The Morgan fingerprint density at radius 1 is 1.27 bits per heavy atom. The number of rotatable bonds is 3. The highest BCUT2D eigenvalue weighted by Gasteiger charge is 2.08. The van der Waals surface area contributed by atoms with Gasteiger partial charge in [0.25, 0.3) is 0 Å². The van der Waals surface area contributed by atoms with Crippen LogP contribution >= 0.6 is 0 Å². The third-order valence-corrected chi connectivity index (χ3v) is 2.42. The topological polar surface area (TPSA) is 46.3 Å². The van der Waals surface area contributed by atoms with Crippen molar-refractivity contribution < 1.29 is 9.52 Å². The predicted octanol–water partition coefficient (Wildman–Crippen LogP) is 2.40. The molecule has 0 saturated carbocycles. The predicted molar refractivity (Wildman–Crippen MR) is 57.2 cm³/mol. The first kappa shape index (κ1) is 9.93. The SMILES string of the molecule is CCc1ccc(-c2ocnc2CO)cc1. The van der Waals surface area contributed by atoms with Crippen molar-refractivity contribution in [3.63, 3.8) is 0 Å². The van der Waals surface area contributed by atoms with E-state index in [2.05, 4.69) is 24.0 Å². The fourth-order valence-corrected chi connectivity index (χ4v) is 1.51. The summed E-state index contributed by atoms with van der Waals surface area (Å²) in [6, 6.07) is 8.08. The van der Waals surface area contributed by atoms with E-state index >= 15 is 0 Å². The molecule has 0 unspecified atom stereocenters. The number of aliphatic hydroxyl groups is 1. The van der Waals surface area contributed by atoms with Crippen LogP contribution in [0, 0.1) is 0 Å². The van der Waals surface area contributed by atoms with E-state index in [1.54, 1.807) is 0 Å². The van der Waals surface area contributed by atoms with Crippen LogP contribution in [0.3, 0.4) is 0 Å². The largest absolute Gasteiger partial charge is 0.443 e. The van der Waals surface area contributed by atoms with Crippen molar-refractivity contribution in [2.24, 2.45) is 0 Å². The molecule has 0 aliphatic rings. The summed E-state index contributed by atoms with van der Waals surface area (Å²) in [7, 11) is 0. The van der Waals surface area contributed by atoms with Gasteiger partial charge in [0, 0.05) is 5.56 Å². The lowest BCUT2D eigenvalue weighted by Gasteiger charge is -2.00. The Morgan fingerprint density at radius 3 is 2.60 bits per heavy atom. The van der Waals surface area contributed by atoms with E-state index in [0.717, 1.165) is 12.0 Å². The van der Waals surface area contributed by atoms with Crippen LogP contribution in [-0.2, 0) is 13.0 Å². The van der Waals surface area contributed by atoms with Gasteiger partial charge in [0.15, 0.2) is 12.2 Å². The molecule has 0 radical (unpaired) electrons. The Morgan fingerprint density at radius 2 is 2.00 bits per heavy atom. The van der Waals surface area contributed by atoms with Gasteiger partial charge in [-0.1, -0.05) is 31.2 Å². The average molecular weight is 203 g/mol. The number of aryl methyl sites for hydroxylation is 1. The minimum Gasteiger partial charge on any atom is -0.443 e. The molecule has 2 aromatic rings. The van der Waals surface area contributed by atoms with Crippen molar-refractivity contribution in [2.75, 3.05) is 0 Å². The number of hydrogen-bond donors (Lipinski definition) is 1. The van der Waals surface area contributed by atoms with Crippen molar-refractivity contribution >= 4 is 0 Å². The monoisotopic (exact) mass is 203 g/mol. The van der Waals surface area contributed by atoms with E-state index in [0.29, 0.717) is 11.5 Å². The van der Waals surface area contributed by atoms with Crippen molar-refractivity contribution in [2.45, 2.75) is 20.0 Å². The Hall–Kier alpha value is -1.61. The van der Waals surface area contributed by atoms with E-state index < -0.39 is 0 Å². The molecule has 15 heavy (non-hydrogen) atoms. The molecule has 3 heteroatoms. The maximum atomic E-state index is 9.05. The molecule has 1 heterocycles. The number of aliphatic hydroxyl groups excluding tert-OH is 1. The molecule has 0 bridgehead atoms. The van der Waals surface area contributed by atoms with Crippen molar-refractivity contribution in [3.05, 3.63) is 41.9 Å². The molecule has 1 N–H and O–H groups in total. The summed E-state index contributed by atoms with van der Waals surface area (Å²) in [4.78, 5) is 3.94. The fraction of sp³-hybridized carbons (Fsp3) is 0.250. The highest BCUT2D eigenvalue weighted by atomic mass is 16.3.